The van der Waals surface area contributed by atoms with E-state index >= 15 is 0 Å². The number of rotatable bonds is 10. The van der Waals surface area contributed by atoms with Crippen molar-refractivity contribution in [2.24, 2.45) is 5.92 Å². The Hall–Kier alpha value is -3.11. The van der Waals surface area contributed by atoms with Gasteiger partial charge in [-0.3, -0.25) is 9.78 Å². The minimum atomic E-state index is -3.57. The molecule has 0 saturated carbocycles. The van der Waals surface area contributed by atoms with Crippen molar-refractivity contribution in [1.29, 1.82) is 0 Å². The highest BCUT2D eigenvalue weighted by molar-refractivity contribution is 7.89. The number of hydrogen-bond acceptors (Lipinski definition) is 6. The lowest BCUT2D eigenvalue weighted by Gasteiger charge is -2.31. The molecule has 1 aliphatic heterocycles. The van der Waals surface area contributed by atoms with E-state index in [1.165, 1.54) is 20.3 Å². The minimum absolute atomic E-state index is 0.116. The first-order valence-corrected chi connectivity index (χ1v) is 13.3. The zero-order chi connectivity index (χ0) is 24.8. The van der Waals surface area contributed by atoms with E-state index in [-0.39, 0.29) is 10.8 Å². The molecule has 3 aromatic rings. The van der Waals surface area contributed by atoms with E-state index in [1.54, 1.807) is 28.8 Å². The molecule has 0 atom stereocenters. The third-order valence-corrected chi connectivity index (χ3v) is 8.45. The Balaban J connectivity index is 1.19. The molecular weight excluding hydrogens is 468 g/mol. The molecule has 1 fully saturated rings. The van der Waals surface area contributed by atoms with Crippen molar-refractivity contribution >= 4 is 26.8 Å². The number of sulfonamides is 1. The van der Waals surface area contributed by atoms with Gasteiger partial charge < -0.3 is 19.8 Å². The Bertz CT molecular complexity index is 1230. The maximum atomic E-state index is 13.1. The molecule has 0 aliphatic carbocycles. The van der Waals surface area contributed by atoms with Gasteiger partial charge in [0.1, 0.15) is 5.69 Å². The van der Waals surface area contributed by atoms with E-state index in [0.717, 1.165) is 43.0 Å². The molecule has 2 N–H and O–H groups in total. The van der Waals surface area contributed by atoms with Crippen LogP contribution in [0.3, 0.4) is 0 Å². The molecule has 1 saturated heterocycles. The van der Waals surface area contributed by atoms with Gasteiger partial charge in [-0.25, -0.2) is 8.42 Å². The van der Waals surface area contributed by atoms with Gasteiger partial charge in [-0.05, 0) is 49.4 Å². The van der Waals surface area contributed by atoms with E-state index in [9.17, 15) is 13.2 Å². The lowest BCUT2D eigenvalue weighted by Crippen LogP contribution is -2.38. The molecule has 0 bridgehead atoms. The number of H-pyrrole nitrogens is 1. The summed E-state index contributed by atoms with van der Waals surface area (Å²) in [5.41, 5.74) is 1.43. The molecule has 1 aromatic carbocycles. The van der Waals surface area contributed by atoms with Crippen molar-refractivity contribution in [2.75, 3.05) is 33.9 Å². The second kappa shape index (κ2) is 11.1. The summed E-state index contributed by atoms with van der Waals surface area (Å²) in [6.07, 6.45) is 7.99. The number of unbranched alkanes of at least 4 members (excludes halogenated alkanes) is 1. The van der Waals surface area contributed by atoms with Crippen molar-refractivity contribution in [1.82, 2.24) is 19.6 Å². The highest BCUT2D eigenvalue weighted by Gasteiger charge is 2.30. The third kappa shape index (κ3) is 5.76. The number of methoxy groups -OCH3 is 2. The lowest BCUT2D eigenvalue weighted by molar-refractivity contribution is 0.0948. The van der Waals surface area contributed by atoms with Crippen LogP contribution >= 0.6 is 0 Å². The highest BCUT2D eigenvalue weighted by Crippen LogP contribution is 2.32. The first-order chi connectivity index (χ1) is 16.9. The van der Waals surface area contributed by atoms with Crippen LogP contribution in [-0.2, 0) is 10.0 Å². The summed E-state index contributed by atoms with van der Waals surface area (Å²) in [5.74, 6) is 1.27. The van der Waals surface area contributed by atoms with Gasteiger partial charge in [0.25, 0.3) is 5.91 Å². The van der Waals surface area contributed by atoms with Gasteiger partial charge in [-0.2, -0.15) is 4.31 Å². The summed E-state index contributed by atoms with van der Waals surface area (Å²) >= 11 is 0. The number of pyridine rings is 1. The van der Waals surface area contributed by atoms with E-state index < -0.39 is 10.0 Å². The standard InChI is InChI=1S/C25H32N4O5S/c1-33-23-7-6-20(16-24(23)34-2)35(31,32)29-13-9-18(10-14-29)5-3-4-11-27-25(30)22-15-19-17-26-12-8-21(19)28-22/h6-8,12,15-18,28H,3-5,9-11,13-14H2,1-2H3,(H,27,30). The molecule has 0 radical (unpaired) electrons. The Kier molecular flexibility index (Phi) is 7.92. The molecule has 2 aromatic heterocycles. The Morgan fingerprint density at radius 3 is 2.60 bits per heavy atom. The van der Waals surface area contributed by atoms with Gasteiger partial charge in [0.2, 0.25) is 10.0 Å². The van der Waals surface area contributed by atoms with E-state index in [1.807, 2.05) is 12.1 Å². The largest absolute Gasteiger partial charge is 0.493 e. The smallest absolute Gasteiger partial charge is 0.267 e. The summed E-state index contributed by atoms with van der Waals surface area (Å²) in [6, 6.07) is 8.34. The first-order valence-electron chi connectivity index (χ1n) is 11.9. The number of nitrogens with zero attached hydrogens (tertiary/aromatic N) is 2. The van der Waals surface area contributed by atoms with Crippen LogP contribution in [0.2, 0.25) is 0 Å². The molecule has 0 unspecified atom stereocenters. The maximum Gasteiger partial charge on any atom is 0.267 e. The van der Waals surface area contributed by atoms with Crippen LogP contribution in [0.15, 0.2) is 47.6 Å². The van der Waals surface area contributed by atoms with Crippen molar-refractivity contribution < 1.29 is 22.7 Å². The lowest BCUT2D eigenvalue weighted by atomic mass is 9.92. The molecule has 1 amide bonds. The summed E-state index contributed by atoms with van der Waals surface area (Å²) in [4.78, 5) is 19.8. The van der Waals surface area contributed by atoms with Crippen LogP contribution in [0.5, 0.6) is 11.5 Å². The molecule has 0 spiro atoms. The zero-order valence-electron chi connectivity index (χ0n) is 20.1. The van der Waals surface area contributed by atoms with Crippen LogP contribution in [0.1, 0.15) is 42.6 Å². The maximum absolute atomic E-state index is 13.1. The monoisotopic (exact) mass is 500 g/mol. The number of ether oxygens (including phenoxy) is 2. The minimum Gasteiger partial charge on any atom is -0.493 e. The van der Waals surface area contributed by atoms with Crippen molar-refractivity contribution in [3.05, 3.63) is 48.4 Å². The number of aromatic amines is 1. The fourth-order valence-corrected chi connectivity index (χ4v) is 6.00. The molecule has 4 rings (SSSR count). The van der Waals surface area contributed by atoms with Crippen LogP contribution in [0.4, 0.5) is 0 Å². The predicted octanol–water partition coefficient (Wildman–Crippen LogP) is 3.58. The average Bonchev–Trinajstić information content (AvgIpc) is 3.33. The second-order valence-corrected chi connectivity index (χ2v) is 10.7. The molecular formula is C25H32N4O5S. The fourth-order valence-electron chi connectivity index (χ4n) is 4.51. The molecule has 3 heterocycles. The van der Waals surface area contributed by atoms with Crippen LogP contribution in [-0.4, -0.2) is 62.5 Å². The Morgan fingerprint density at radius 1 is 1.11 bits per heavy atom. The first kappa shape index (κ1) is 25.0. The van der Waals surface area contributed by atoms with Gasteiger partial charge in [0.05, 0.1) is 19.1 Å². The predicted molar refractivity (Wildman–Crippen MR) is 133 cm³/mol. The average molecular weight is 501 g/mol. The van der Waals surface area contributed by atoms with Gasteiger partial charge in [0.15, 0.2) is 11.5 Å². The van der Waals surface area contributed by atoms with Crippen molar-refractivity contribution in [3.63, 3.8) is 0 Å². The van der Waals surface area contributed by atoms with Crippen LogP contribution < -0.4 is 14.8 Å². The number of carbonyl (C=O) groups excluding carboxylic acids is 1. The quantitative estimate of drug-likeness (QED) is 0.412. The Morgan fingerprint density at radius 2 is 1.89 bits per heavy atom. The van der Waals surface area contributed by atoms with Gasteiger partial charge in [-0.1, -0.05) is 12.8 Å². The third-order valence-electron chi connectivity index (χ3n) is 6.56. The number of fused-ring (bicyclic) bond motifs is 1. The number of piperidine rings is 1. The Labute approximate surface area is 205 Å². The van der Waals surface area contributed by atoms with Crippen LogP contribution in [0.25, 0.3) is 10.9 Å². The number of carbonyl (C=O) groups is 1. The summed E-state index contributed by atoms with van der Waals surface area (Å²) in [7, 11) is -0.564. The molecule has 10 heteroatoms. The van der Waals surface area contributed by atoms with Gasteiger partial charge >= 0.3 is 0 Å². The van der Waals surface area contributed by atoms with Gasteiger partial charge in [-0.15, -0.1) is 0 Å². The van der Waals surface area contributed by atoms with Gasteiger partial charge in [0, 0.05) is 49.0 Å². The van der Waals surface area contributed by atoms with E-state index in [0.29, 0.717) is 42.7 Å². The summed E-state index contributed by atoms with van der Waals surface area (Å²) < 4.78 is 38.2. The topological polar surface area (TPSA) is 114 Å². The molecule has 188 valence electrons. The second-order valence-electron chi connectivity index (χ2n) is 8.76. The van der Waals surface area contributed by atoms with Crippen LogP contribution in [0, 0.1) is 5.92 Å². The highest BCUT2D eigenvalue weighted by atomic mass is 32.2. The molecule has 9 nitrogen and oxygen atoms in total. The summed E-state index contributed by atoms with van der Waals surface area (Å²) in [6.45, 7) is 1.62. The summed E-state index contributed by atoms with van der Waals surface area (Å²) in [5, 5.41) is 3.88. The normalized spacial score (nSPS) is 15.3. The van der Waals surface area contributed by atoms with Crippen molar-refractivity contribution in [2.45, 2.75) is 37.0 Å². The van der Waals surface area contributed by atoms with E-state index in [2.05, 4.69) is 15.3 Å². The fraction of sp³-hybridized carbons (Fsp3) is 0.440. The number of amides is 1. The number of hydrogen-bond donors (Lipinski definition) is 2. The number of benzene rings is 1. The molecule has 1 aliphatic rings. The van der Waals surface area contributed by atoms with E-state index in [4.69, 9.17) is 9.47 Å². The van der Waals surface area contributed by atoms with Crippen molar-refractivity contribution in [3.8, 4) is 11.5 Å². The SMILES string of the molecule is COc1ccc(S(=O)(=O)N2CCC(CCCCNC(=O)c3cc4cnccc4[nH]3)CC2)cc1OC. The number of aromatic nitrogens is 2. The molecule has 35 heavy (non-hydrogen) atoms. The number of nitrogens with one attached hydrogen (secondary N) is 2. The zero-order valence-corrected chi connectivity index (χ0v) is 20.9.